The van der Waals surface area contributed by atoms with E-state index in [9.17, 15) is 15.0 Å². The predicted octanol–water partition coefficient (Wildman–Crippen LogP) is 1.42. The molecule has 1 aromatic carbocycles. The summed E-state index contributed by atoms with van der Waals surface area (Å²) in [5, 5.41) is 28.4. The van der Waals surface area contributed by atoms with Gasteiger partial charge in [0.2, 0.25) is 0 Å². The molecule has 0 radical (unpaired) electrons. The van der Waals surface area contributed by atoms with Crippen molar-refractivity contribution in [2.45, 2.75) is 45.0 Å². The fourth-order valence-electron chi connectivity index (χ4n) is 1.70. The Morgan fingerprint density at radius 1 is 1.30 bits per heavy atom. The van der Waals surface area contributed by atoms with Gasteiger partial charge in [0, 0.05) is 6.61 Å². The zero-order valence-corrected chi connectivity index (χ0v) is 12.0. The van der Waals surface area contributed by atoms with Crippen molar-refractivity contribution in [2.75, 3.05) is 6.61 Å². The SMILES string of the molecule is CC(C)(C)OC(=O)c1cccc(C(O)C(O)CCO)c1. The second-order valence-electron chi connectivity index (χ2n) is 5.65. The molecule has 0 fully saturated rings. The van der Waals surface area contributed by atoms with Gasteiger partial charge in [-0.25, -0.2) is 4.79 Å². The summed E-state index contributed by atoms with van der Waals surface area (Å²) in [5.41, 5.74) is 0.129. The normalized spacial score (nSPS) is 14.7. The van der Waals surface area contributed by atoms with E-state index in [0.717, 1.165) is 0 Å². The molecule has 0 heterocycles. The van der Waals surface area contributed by atoms with Gasteiger partial charge in [0.25, 0.3) is 0 Å². The first-order valence-electron chi connectivity index (χ1n) is 6.55. The summed E-state index contributed by atoms with van der Waals surface area (Å²) in [5.74, 6) is -0.483. The monoisotopic (exact) mass is 282 g/mol. The van der Waals surface area contributed by atoms with Gasteiger partial charge >= 0.3 is 5.97 Å². The lowest BCUT2D eigenvalue weighted by Crippen LogP contribution is -2.24. The number of carbonyl (C=O) groups excluding carboxylic acids is 1. The predicted molar refractivity (Wildman–Crippen MR) is 74.3 cm³/mol. The minimum atomic E-state index is -1.15. The summed E-state index contributed by atoms with van der Waals surface area (Å²) in [6.45, 7) is 5.10. The van der Waals surface area contributed by atoms with E-state index >= 15 is 0 Å². The fraction of sp³-hybridized carbons (Fsp3) is 0.533. The van der Waals surface area contributed by atoms with E-state index < -0.39 is 23.8 Å². The molecule has 0 aliphatic heterocycles. The Labute approximate surface area is 118 Å². The standard InChI is InChI=1S/C15H22O5/c1-15(2,3)20-14(19)11-6-4-5-10(9-11)13(18)12(17)7-8-16/h4-6,9,12-13,16-18H,7-8H2,1-3H3. The van der Waals surface area contributed by atoms with E-state index in [1.54, 1.807) is 39.0 Å². The third kappa shape index (κ3) is 4.92. The zero-order valence-electron chi connectivity index (χ0n) is 12.0. The number of aliphatic hydroxyl groups excluding tert-OH is 3. The molecular weight excluding hydrogens is 260 g/mol. The maximum atomic E-state index is 11.9. The van der Waals surface area contributed by atoms with Crippen LogP contribution >= 0.6 is 0 Å². The Morgan fingerprint density at radius 2 is 1.95 bits per heavy atom. The molecule has 0 saturated carbocycles. The molecule has 2 atom stereocenters. The average molecular weight is 282 g/mol. The van der Waals surface area contributed by atoms with Crippen LogP contribution in [0.1, 0.15) is 49.2 Å². The molecule has 2 unspecified atom stereocenters. The lowest BCUT2D eigenvalue weighted by atomic mass is 10.0. The van der Waals surface area contributed by atoms with Crippen LogP contribution in [0.15, 0.2) is 24.3 Å². The fourth-order valence-corrected chi connectivity index (χ4v) is 1.70. The van der Waals surface area contributed by atoms with Gasteiger partial charge in [-0.05, 0) is 44.9 Å². The molecule has 112 valence electrons. The molecule has 20 heavy (non-hydrogen) atoms. The molecule has 1 rings (SSSR count). The Balaban J connectivity index is 2.88. The minimum absolute atomic E-state index is 0.0673. The highest BCUT2D eigenvalue weighted by atomic mass is 16.6. The molecule has 0 aliphatic rings. The quantitative estimate of drug-likeness (QED) is 0.711. The number of rotatable bonds is 5. The number of aliphatic hydroxyl groups is 3. The van der Waals surface area contributed by atoms with Gasteiger partial charge in [-0.3, -0.25) is 0 Å². The van der Waals surface area contributed by atoms with Crippen molar-refractivity contribution in [1.29, 1.82) is 0 Å². The second-order valence-corrected chi connectivity index (χ2v) is 5.65. The Morgan fingerprint density at radius 3 is 2.50 bits per heavy atom. The van der Waals surface area contributed by atoms with Crippen molar-refractivity contribution in [3.8, 4) is 0 Å². The van der Waals surface area contributed by atoms with Gasteiger partial charge in [-0.1, -0.05) is 12.1 Å². The van der Waals surface area contributed by atoms with Crippen LogP contribution in [0.3, 0.4) is 0 Å². The van der Waals surface area contributed by atoms with Crippen LogP contribution in [0.25, 0.3) is 0 Å². The molecule has 0 aliphatic carbocycles. The summed E-state index contributed by atoms with van der Waals surface area (Å²) in [6, 6.07) is 6.30. The number of hydrogen-bond acceptors (Lipinski definition) is 5. The first kappa shape index (κ1) is 16.6. The van der Waals surface area contributed by atoms with Crippen LogP contribution in [-0.4, -0.2) is 39.6 Å². The number of carbonyl (C=O) groups is 1. The molecule has 0 saturated heterocycles. The highest BCUT2D eigenvalue weighted by molar-refractivity contribution is 5.89. The Hall–Kier alpha value is -1.43. The lowest BCUT2D eigenvalue weighted by Gasteiger charge is -2.21. The highest BCUT2D eigenvalue weighted by Crippen LogP contribution is 2.21. The average Bonchev–Trinajstić information content (AvgIpc) is 2.36. The van der Waals surface area contributed by atoms with Crippen molar-refractivity contribution >= 4 is 5.97 Å². The summed E-state index contributed by atoms with van der Waals surface area (Å²) in [4.78, 5) is 11.9. The van der Waals surface area contributed by atoms with Crippen LogP contribution in [0.5, 0.6) is 0 Å². The number of hydrogen-bond donors (Lipinski definition) is 3. The molecule has 1 aromatic rings. The number of benzene rings is 1. The van der Waals surface area contributed by atoms with Crippen molar-refractivity contribution in [2.24, 2.45) is 0 Å². The van der Waals surface area contributed by atoms with Crippen LogP contribution in [-0.2, 0) is 4.74 Å². The number of esters is 1. The van der Waals surface area contributed by atoms with E-state index in [0.29, 0.717) is 11.1 Å². The summed E-state index contributed by atoms with van der Waals surface area (Å²) < 4.78 is 5.24. The van der Waals surface area contributed by atoms with E-state index in [1.807, 2.05) is 0 Å². The van der Waals surface area contributed by atoms with E-state index in [-0.39, 0.29) is 13.0 Å². The van der Waals surface area contributed by atoms with Crippen molar-refractivity contribution in [1.82, 2.24) is 0 Å². The zero-order chi connectivity index (χ0) is 15.3. The van der Waals surface area contributed by atoms with Gasteiger partial charge in [-0.2, -0.15) is 0 Å². The van der Waals surface area contributed by atoms with Crippen molar-refractivity contribution in [3.63, 3.8) is 0 Å². The Kier molecular flexibility index (Phi) is 5.68. The first-order valence-corrected chi connectivity index (χ1v) is 6.55. The summed E-state index contributed by atoms with van der Waals surface area (Å²) >= 11 is 0. The highest BCUT2D eigenvalue weighted by Gasteiger charge is 2.21. The molecular formula is C15H22O5. The molecule has 0 spiro atoms. The lowest BCUT2D eigenvalue weighted by molar-refractivity contribution is 0.00299. The van der Waals surface area contributed by atoms with Crippen LogP contribution in [0.2, 0.25) is 0 Å². The largest absolute Gasteiger partial charge is 0.456 e. The van der Waals surface area contributed by atoms with Crippen molar-refractivity contribution in [3.05, 3.63) is 35.4 Å². The minimum Gasteiger partial charge on any atom is -0.456 e. The van der Waals surface area contributed by atoms with Gasteiger partial charge in [-0.15, -0.1) is 0 Å². The molecule has 0 bridgehead atoms. The first-order chi connectivity index (χ1) is 9.24. The van der Waals surface area contributed by atoms with Gasteiger partial charge in [0.1, 0.15) is 11.7 Å². The van der Waals surface area contributed by atoms with Crippen molar-refractivity contribution < 1.29 is 24.9 Å². The topological polar surface area (TPSA) is 87.0 Å². The third-order valence-corrected chi connectivity index (χ3v) is 2.65. The van der Waals surface area contributed by atoms with Gasteiger partial charge in [0.05, 0.1) is 11.7 Å². The van der Waals surface area contributed by atoms with Gasteiger partial charge in [0.15, 0.2) is 0 Å². The summed E-state index contributed by atoms with van der Waals surface area (Å²) in [6.07, 6.45) is -2.16. The van der Waals surface area contributed by atoms with E-state index in [1.165, 1.54) is 6.07 Å². The van der Waals surface area contributed by atoms with Crippen LogP contribution < -0.4 is 0 Å². The van der Waals surface area contributed by atoms with Gasteiger partial charge < -0.3 is 20.1 Å². The maximum absolute atomic E-state index is 11.9. The number of ether oxygens (including phenoxy) is 1. The molecule has 0 aromatic heterocycles. The third-order valence-electron chi connectivity index (χ3n) is 2.65. The van der Waals surface area contributed by atoms with E-state index in [2.05, 4.69) is 0 Å². The molecule has 3 N–H and O–H groups in total. The van der Waals surface area contributed by atoms with Crippen LogP contribution in [0.4, 0.5) is 0 Å². The van der Waals surface area contributed by atoms with E-state index in [4.69, 9.17) is 9.84 Å². The second kappa shape index (κ2) is 6.83. The smallest absolute Gasteiger partial charge is 0.338 e. The van der Waals surface area contributed by atoms with Crippen LogP contribution in [0, 0.1) is 0 Å². The molecule has 5 heteroatoms. The molecule has 0 amide bonds. The summed E-state index contributed by atoms with van der Waals surface area (Å²) in [7, 11) is 0. The Bertz CT molecular complexity index is 450. The maximum Gasteiger partial charge on any atom is 0.338 e. The molecule has 5 nitrogen and oxygen atoms in total.